The molecule has 0 radical (unpaired) electrons. The lowest BCUT2D eigenvalue weighted by molar-refractivity contribution is 0.0535. The summed E-state index contributed by atoms with van der Waals surface area (Å²) in [5.74, 6) is 1.38. The third kappa shape index (κ3) is 11.7. The zero-order chi connectivity index (χ0) is 44.0. The Hall–Kier alpha value is -5.10. The van der Waals surface area contributed by atoms with E-state index in [0.717, 1.165) is 22.6 Å². The minimum absolute atomic E-state index is 0.0676. The Balaban J connectivity index is 0.000000191. The van der Waals surface area contributed by atoms with E-state index in [1.807, 2.05) is 36.4 Å². The van der Waals surface area contributed by atoms with Crippen molar-refractivity contribution in [2.24, 2.45) is 0 Å². The molecule has 6 aromatic rings. The van der Waals surface area contributed by atoms with Crippen LogP contribution in [-0.2, 0) is 0 Å². The van der Waals surface area contributed by atoms with Gasteiger partial charge in [-0.15, -0.1) is 0 Å². The van der Waals surface area contributed by atoms with Crippen LogP contribution in [0.5, 0.6) is 11.5 Å². The maximum absolute atomic E-state index is 9.60. The summed E-state index contributed by atoms with van der Waals surface area (Å²) in [6.07, 6.45) is -0.0630. The zero-order valence-electron chi connectivity index (χ0n) is 35.7. The molecule has 0 spiro atoms. The lowest BCUT2D eigenvalue weighted by Gasteiger charge is -2.17. The molecule has 0 aromatic heterocycles. The highest BCUT2D eigenvalue weighted by atomic mass is 32.2. The first kappa shape index (κ1) is 46.4. The normalized spacial score (nSPS) is 13.7. The van der Waals surface area contributed by atoms with Gasteiger partial charge >= 0.3 is 0 Å². The zero-order valence-corrected chi connectivity index (χ0v) is 37.3. The molecule has 322 valence electrons. The van der Waals surface area contributed by atoms with Gasteiger partial charge in [-0.2, -0.15) is 0 Å². The number of fused-ring (bicyclic) bond motifs is 4. The predicted molar refractivity (Wildman–Crippen MR) is 254 cm³/mol. The molecule has 2 atom stereocenters. The average Bonchev–Trinajstić information content (AvgIpc) is 3.53. The standard InChI is InChI=1S/2C25H24O3S.C3H8O/c2*1-2-20-21-10-6-7-11-23(21)29-24-14-19(28-16-18(27)15-26)12-13-22(24)25(20)17-8-4-3-5-9-17;1-3(2)4/h2*3-14,18,26-27H,2,15-16H2,1H3;3-4H,1-2H3. The van der Waals surface area contributed by atoms with E-state index in [1.54, 1.807) is 37.4 Å². The molecule has 6 aromatic carbocycles. The minimum atomic E-state index is -0.881. The fourth-order valence-electron chi connectivity index (χ4n) is 7.30. The Morgan fingerprint density at radius 1 is 0.452 bits per heavy atom. The number of aliphatic hydroxyl groups excluding tert-OH is 5. The van der Waals surface area contributed by atoms with Gasteiger partial charge in [-0.25, -0.2) is 0 Å². The van der Waals surface area contributed by atoms with E-state index >= 15 is 0 Å². The van der Waals surface area contributed by atoms with Crippen LogP contribution in [0.3, 0.4) is 0 Å². The van der Waals surface area contributed by atoms with Crippen LogP contribution < -0.4 is 9.47 Å². The molecular formula is C53H56O7S2. The first-order chi connectivity index (χ1) is 30.1. The van der Waals surface area contributed by atoms with Gasteiger partial charge in [0, 0.05) is 25.7 Å². The third-order valence-electron chi connectivity index (χ3n) is 10.1. The first-order valence-electron chi connectivity index (χ1n) is 21.1. The van der Waals surface area contributed by atoms with Crippen molar-refractivity contribution in [3.05, 3.63) is 179 Å². The SMILES string of the molecule is CC(C)O.CCC1=C(c2ccccc2)c2ccc(OCC(O)CO)cc2Sc2ccccc21.CCC1=C(c2ccccc2)c2ccc(OCC(O)CO)cc2Sc2ccccc21. The molecule has 0 amide bonds. The molecule has 2 aliphatic heterocycles. The Labute approximate surface area is 374 Å². The second-order valence-corrected chi connectivity index (χ2v) is 17.2. The Bertz CT molecular complexity index is 2280. The van der Waals surface area contributed by atoms with Crippen molar-refractivity contribution in [2.45, 2.75) is 78.4 Å². The van der Waals surface area contributed by atoms with E-state index in [0.29, 0.717) is 11.5 Å². The minimum Gasteiger partial charge on any atom is -0.491 e. The van der Waals surface area contributed by atoms with E-state index in [1.165, 1.54) is 65.5 Å². The molecule has 0 fully saturated rings. The van der Waals surface area contributed by atoms with Crippen molar-refractivity contribution < 1.29 is 35.0 Å². The summed E-state index contributed by atoms with van der Waals surface area (Å²) in [7, 11) is 0. The van der Waals surface area contributed by atoms with E-state index in [-0.39, 0.29) is 32.5 Å². The van der Waals surface area contributed by atoms with Gasteiger partial charge in [0.25, 0.3) is 0 Å². The Kier molecular flexibility index (Phi) is 17.1. The highest BCUT2D eigenvalue weighted by Crippen LogP contribution is 2.49. The number of allylic oxidation sites excluding steroid dienone is 2. The summed E-state index contributed by atoms with van der Waals surface area (Å²) < 4.78 is 11.4. The molecule has 7 nitrogen and oxygen atoms in total. The molecule has 0 aliphatic carbocycles. The van der Waals surface area contributed by atoms with Gasteiger partial charge in [0.15, 0.2) is 0 Å². The summed E-state index contributed by atoms with van der Waals surface area (Å²) in [6, 6.07) is 50.2. The molecule has 2 aliphatic rings. The fraction of sp³-hybridized carbons (Fsp3) is 0.245. The van der Waals surface area contributed by atoms with Gasteiger partial charge < -0.3 is 35.0 Å². The van der Waals surface area contributed by atoms with Crippen LogP contribution >= 0.6 is 23.5 Å². The van der Waals surface area contributed by atoms with Crippen LogP contribution in [0.4, 0.5) is 0 Å². The maximum Gasteiger partial charge on any atom is 0.120 e. The van der Waals surface area contributed by atoms with E-state index in [9.17, 15) is 10.2 Å². The summed E-state index contributed by atoms with van der Waals surface area (Å²) in [4.78, 5) is 4.69. The van der Waals surface area contributed by atoms with Gasteiger partial charge in [0.2, 0.25) is 0 Å². The molecule has 2 unspecified atom stereocenters. The number of benzene rings is 6. The molecule has 8 rings (SSSR count). The number of aliphatic hydroxyl groups is 5. The summed E-state index contributed by atoms with van der Waals surface area (Å²) >= 11 is 3.48. The van der Waals surface area contributed by atoms with E-state index in [4.69, 9.17) is 24.8 Å². The Morgan fingerprint density at radius 3 is 1.16 bits per heavy atom. The van der Waals surface area contributed by atoms with Crippen molar-refractivity contribution in [3.63, 3.8) is 0 Å². The smallest absolute Gasteiger partial charge is 0.120 e. The highest BCUT2D eigenvalue weighted by molar-refractivity contribution is 7.99. The van der Waals surface area contributed by atoms with Crippen LogP contribution in [-0.4, -0.2) is 70.3 Å². The fourth-order valence-corrected chi connectivity index (χ4v) is 9.58. The number of rotatable bonds is 12. The summed E-state index contributed by atoms with van der Waals surface area (Å²) in [6.45, 7) is 7.37. The number of ether oxygens (including phenoxy) is 2. The van der Waals surface area contributed by atoms with Crippen molar-refractivity contribution in [1.29, 1.82) is 0 Å². The summed E-state index contributed by atoms with van der Waals surface area (Å²) in [5, 5.41) is 45.3. The first-order valence-corrected chi connectivity index (χ1v) is 22.7. The Morgan fingerprint density at radius 2 is 0.806 bits per heavy atom. The lowest BCUT2D eigenvalue weighted by atomic mass is 9.88. The second-order valence-electron chi connectivity index (χ2n) is 15.0. The van der Waals surface area contributed by atoms with Crippen LogP contribution in [0.15, 0.2) is 165 Å². The predicted octanol–water partition coefficient (Wildman–Crippen LogP) is 10.9. The molecule has 5 N–H and O–H groups in total. The van der Waals surface area contributed by atoms with Gasteiger partial charge in [0.1, 0.15) is 36.9 Å². The average molecular weight is 869 g/mol. The molecule has 0 saturated carbocycles. The molecule has 0 saturated heterocycles. The second kappa shape index (κ2) is 22.8. The lowest BCUT2D eigenvalue weighted by Crippen LogP contribution is -2.21. The van der Waals surface area contributed by atoms with Crippen molar-refractivity contribution in [3.8, 4) is 11.5 Å². The molecule has 0 bridgehead atoms. The molecule has 9 heteroatoms. The van der Waals surface area contributed by atoms with Gasteiger partial charge in [-0.05, 0) is 131 Å². The van der Waals surface area contributed by atoms with Gasteiger partial charge in [-0.3, -0.25) is 0 Å². The quantitative estimate of drug-likeness (QED) is 0.0819. The third-order valence-corrected chi connectivity index (χ3v) is 12.3. The van der Waals surface area contributed by atoms with Crippen molar-refractivity contribution in [2.75, 3.05) is 26.4 Å². The van der Waals surface area contributed by atoms with E-state index < -0.39 is 12.2 Å². The maximum atomic E-state index is 9.60. The van der Waals surface area contributed by atoms with Crippen LogP contribution in [0, 0.1) is 0 Å². The van der Waals surface area contributed by atoms with Crippen LogP contribution in [0.25, 0.3) is 22.3 Å². The van der Waals surface area contributed by atoms with Crippen LogP contribution in [0.2, 0.25) is 0 Å². The van der Waals surface area contributed by atoms with Crippen LogP contribution in [0.1, 0.15) is 73.9 Å². The highest BCUT2D eigenvalue weighted by Gasteiger charge is 2.25. The van der Waals surface area contributed by atoms with Crippen molar-refractivity contribution in [1.82, 2.24) is 0 Å². The number of hydrogen-bond acceptors (Lipinski definition) is 9. The molecule has 2 heterocycles. The van der Waals surface area contributed by atoms with E-state index in [2.05, 4.69) is 123 Å². The molecule has 62 heavy (non-hydrogen) atoms. The largest absolute Gasteiger partial charge is 0.491 e. The molecular weight excluding hydrogens is 813 g/mol. The van der Waals surface area contributed by atoms with Crippen molar-refractivity contribution >= 4 is 45.8 Å². The summed E-state index contributed by atoms with van der Waals surface area (Å²) in [5.41, 5.74) is 12.5. The topological polar surface area (TPSA) is 120 Å². The van der Waals surface area contributed by atoms with Gasteiger partial charge in [0.05, 0.1) is 13.2 Å². The van der Waals surface area contributed by atoms with Gasteiger partial charge in [-0.1, -0.05) is 134 Å². The number of hydrogen-bond donors (Lipinski definition) is 5. The monoisotopic (exact) mass is 868 g/mol.